The maximum atomic E-state index is 12.3. The van der Waals surface area contributed by atoms with Crippen LogP contribution < -0.4 is 10.1 Å². The average Bonchev–Trinajstić information content (AvgIpc) is 3.15. The quantitative estimate of drug-likeness (QED) is 0.393. The van der Waals surface area contributed by atoms with Gasteiger partial charge in [-0.2, -0.15) is 0 Å². The van der Waals surface area contributed by atoms with Crippen LogP contribution >= 0.6 is 11.8 Å². The molecule has 1 N–H and O–H groups in total. The molecule has 1 heterocycles. The van der Waals surface area contributed by atoms with Gasteiger partial charge in [0.25, 0.3) is 0 Å². The van der Waals surface area contributed by atoms with Crippen LogP contribution in [-0.2, 0) is 17.9 Å². The van der Waals surface area contributed by atoms with Gasteiger partial charge < -0.3 is 14.6 Å². The van der Waals surface area contributed by atoms with Crippen molar-refractivity contribution in [3.8, 4) is 5.75 Å². The van der Waals surface area contributed by atoms with Gasteiger partial charge in [-0.3, -0.25) is 9.59 Å². The Hall–Kier alpha value is -3.13. The Morgan fingerprint density at radius 3 is 2.52 bits per heavy atom. The van der Waals surface area contributed by atoms with E-state index in [1.807, 2.05) is 43.5 Å². The third-order valence-corrected chi connectivity index (χ3v) is 5.68. The monoisotopic (exact) mass is 438 g/mol. The first-order valence-corrected chi connectivity index (χ1v) is 11.0. The zero-order valence-corrected chi connectivity index (χ0v) is 19.0. The van der Waals surface area contributed by atoms with Crippen LogP contribution in [0, 0.1) is 13.8 Å². The summed E-state index contributed by atoms with van der Waals surface area (Å²) in [6, 6.07) is 12.9. The second-order valence-electron chi connectivity index (χ2n) is 7.17. The Kier molecular flexibility index (Phi) is 7.46. The van der Waals surface area contributed by atoms with Crippen molar-refractivity contribution in [2.45, 2.75) is 46.0 Å². The fourth-order valence-electron chi connectivity index (χ4n) is 2.97. The van der Waals surface area contributed by atoms with Crippen LogP contribution in [0.1, 0.15) is 41.2 Å². The van der Waals surface area contributed by atoms with Crippen LogP contribution in [0.5, 0.6) is 5.75 Å². The molecule has 2 aromatic carbocycles. The lowest BCUT2D eigenvalue weighted by molar-refractivity contribution is -0.113. The van der Waals surface area contributed by atoms with Crippen molar-refractivity contribution in [2.75, 3.05) is 11.1 Å². The van der Waals surface area contributed by atoms with Gasteiger partial charge in [0.2, 0.25) is 5.91 Å². The molecule has 0 unspecified atom stereocenters. The molecule has 8 heteroatoms. The molecule has 3 rings (SSSR count). The molecule has 0 aliphatic heterocycles. The molecule has 1 amide bonds. The highest BCUT2D eigenvalue weighted by Gasteiger charge is 2.14. The number of amides is 1. The molecule has 7 nitrogen and oxygen atoms in total. The number of benzene rings is 2. The number of thioether (sulfide) groups is 1. The molecule has 162 valence electrons. The lowest BCUT2D eigenvalue weighted by Crippen LogP contribution is -2.15. The maximum absolute atomic E-state index is 12.3. The number of nitrogens with zero attached hydrogens (tertiary/aromatic N) is 3. The summed E-state index contributed by atoms with van der Waals surface area (Å²) < 4.78 is 7.90. The molecular formula is C23H26N4O3S. The zero-order valence-electron chi connectivity index (χ0n) is 18.1. The van der Waals surface area contributed by atoms with Gasteiger partial charge in [-0.15, -0.1) is 10.2 Å². The number of anilines is 1. The zero-order chi connectivity index (χ0) is 22.4. The number of ether oxygens (including phenoxy) is 1. The Balaban J connectivity index is 1.58. The minimum Gasteiger partial charge on any atom is -0.485 e. The van der Waals surface area contributed by atoms with E-state index >= 15 is 0 Å². The van der Waals surface area contributed by atoms with E-state index in [9.17, 15) is 9.59 Å². The molecule has 31 heavy (non-hydrogen) atoms. The van der Waals surface area contributed by atoms with Crippen molar-refractivity contribution < 1.29 is 14.3 Å². The number of ketones is 1. The first kappa shape index (κ1) is 22.6. The van der Waals surface area contributed by atoms with E-state index in [-0.39, 0.29) is 17.4 Å². The van der Waals surface area contributed by atoms with Gasteiger partial charge in [-0.1, -0.05) is 23.9 Å². The SMILES string of the molecule is CCn1c(COc2cc(C)ccc2C)nnc1SCC(=O)Nc1ccc(C(C)=O)cc1. The van der Waals surface area contributed by atoms with E-state index in [1.54, 1.807) is 24.3 Å². The normalized spacial score (nSPS) is 10.7. The van der Waals surface area contributed by atoms with Crippen LogP contribution in [-0.4, -0.2) is 32.2 Å². The van der Waals surface area contributed by atoms with Crippen LogP contribution in [0.3, 0.4) is 0 Å². The van der Waals surface area contributed by atoms with E-state index in [1.165, 1.54) is 18.7 Å². The summed E-state index contributed by atoms with van der Waals surface area (Å²) in [5.41, 5.74) is 3.46. The summed E-state index contributed by atoms with van der Waals surface area (Å²) in [4.78, 5) is 23.7. The molecule has 0 radical (unpaired) electrons. The maximum Gasteiger partial charge on any atom is 0.234 e. The lowest BCUT2D eigenvalue weighted by Gasteiger charge is -2.11. The summed E-state index contributed by atoms with van der Waals surface area (Å²) in [5.74, 6) is 1.58. The molecule has 0 aliphatic rings. The van der Waals surface area contributed by atoms with Gasteiger partial charge in [0, 0.05) is 17.8 Å². The number of carbonyl (C=O) groups excluding carboxylic acids is 2. The number of Topliss-reactive ketones (excluding diaryl/α,β-unsaturated/α-hetero) is 1. The highest BCUT2D eigenvalue weighted by molar-refractivity contribution is 7.99. The Morgan fingerprint density at radius 1 is 1.10 bits per heavy atom. The predicted molar refractivity (Wildman–Crippen MR) is 122 cm³/mol. The Labute approximate surface area is 186 Å². The van der Waals surface area contributed by atoms with Crippen LogP contribution in [0.15, 0.2) is 47.6 Å². The van der Waals surface area contributed by atoms with Crippen molar-refractivity contribution in [3.63, 3.8) is 0 Å². The molecule has 1 aromatic heterocycles. The fraction of sp³-hybridized carbons (Fsp3) is 0.304. The third-order valence-electron chi connectivity index (χ3n) is 4.72. The highest BCUT2D eigenvalue weighted by atomic mass is 32.2. The summed E-state index contributed by atoms with van der Waals surface area (Å²) >= 11 is 1.32. The van der Waals surface area contributed by atoms with E-state index in [0.29, 0.717) is 35.4 Å². The number of aryl methyl sites for hydroxylation is 2. The standard InChI is InChI=1S/C23H26N4O3S/c1-5-27-21(13-30-20-12-15(2)6-7-16(20)3)25-26-23(27)31-14-22(29)24-19-10-8-18(9-11-19)17(4)28/h6-12H,5,13-14H2,1-4H3,(H,24,29). The third kappa shape index (κ3) is 5.95. The predicted octanol–water partition coefficient (Wildman–Crippen LogP) is 4.43. The number of nitrogens with one attached hydrogen (secondary N) is 1. The minimum atomic E-state index is -0.153. The second kappa shape index (κ2) is 10.3. The summed E-state index contributed by atoms with van der Waals surface area (Å²) in [6.45, 7) is 8.53. The molecular weight excluding hydrogens is 412 g/mol. The molecule has 0 aliphatic carbocycles. The van der Waals surface area contributed by atoms with Crippen LogP contribution in [0.25, 0.3) is 0 Å². The highest BCUT2D eigenvalue weighted by Crippen LogP contribution is 2.22. The summed E-state index contributed by atoms with van der Waals surface area (Å²) in [5, 5.41) is 12.0. The lowest BCUT2D eigenvalue weighted by atomic mass is 10.1. The number of aromatic nitrogens is 3. The Morgan fingerprint density at radius 2 is 1.84 bits per heavy atom. The molecule has 0 saturated heterocycles. The van der Waals surface area contributed by atoms with Gasteiger partial charge >= 0.3 is 0 Å². The summed E-state index contributed by atoms with van der Waals surface area (Å²) in [7, 11) is 0. The van der Waals surface area contributed by atoms with Gasteiger partial charge in [0.15, 0.2) is 16.8 Å². The smallest absolute Gasteiger partial charge is 0.234 e. The molecule has 0 fully saturated rings. The fourth-order valence-corrected chi connectivity index (χ4v) is 3.79. The molecule has 0 saturated carbocycles. The van der Waals surface area contributed by atoms with Gasteiger partial charge in [0.1, 0.15) is 12.4 Å². The van der Waals surface area contributed by atoms with Gasteiger partial charge in [0.05, 0.1) is 5.75 Å². The number of hydrogen-bond donors (Lipinski definition) is 1. The first-order valence-electron chi connectivity index (χ1n) is 10.0. The van der Waals surface area contributed by atoms with Crippen molar-refractivity contribution >= 4 is 29.1 Å². The molecule has 0 atom stereocenters. The minimum absolute atomic E-state index is 0.00956. The first-order chi connectivity index (χ1) is 14.9. The molecule has 0 spiro atoms. The van der Waals surface area contributed by atoms with E-state index < -0.39 is 0 Å². The molecule has 0 bridgehead atoms. The molecule has 3 aromatic rings. The van der Waals surface area contributed by atoms with Crippen molar-refractivity contribution in [2.24, 2.45) is 0 Å². The average molecular weight is 439 g/mol. The van der Waals surface area contributed by atoms with E-state index in [4.69, 9.17) is 4.74 Å². The number of carbonyl (C=O) groups is 2. The second-order valence-corrected chi connectivity index (χ2v) is 8.11. The van der Waals surface area contributed by atoms with Gasteiger partial charge in [-0.05, 0) is 69.2 Å². The van der Waals surface area contributed by atoms with Crippen molar-refractivity contribution in [1.82, 2.24) is 14.8 Å². The van der Waals surface area contributed by atoms with E-state index in [0.717, 1.165) is 16.9 Å². The largest absolute Gasteiger partial charge is 0.485 e. The Bertz CT molecular complexity index is 1080. The van der Waals surface area contributed by atoms with E-state index in [2.05, 4.69) is 15.5 Å². The van der Waals surface area contributed by atoms with Crippen molar-refractivity contribution in [3.05, 3.63) is 65.0 Å². The topological polar surface area (TPSA) is 86.1 Å². The number of rotatable bonds is 9. The van der Waals surface area contributed by atoms with Crippen molar-refractivity contribution in [1.29, 1.82) is 0 Å². The number of hydrogen-bond acceptors (Lipinski definition) is 6. The van der Waals surface area contributed by atoms with Gasteiger partial charge in [-0.25, -0.2) is 0 Å². The summed E-state index contributed by atoms with van der Waals surface area (Å²) in [6.07, 6.45) is 0. The van der Waals surface area contributed by atoms with Crippen LogP contribution in [0.2, 0.25) is 0 Å². The van der Waals surface area contributed by atoms with Crippen LogP contribution in [0.4, 0.5) is 5.69 Å².